The molecular weight excluding hydrogens is 362 g/mol. The van der Waals surface area contributed by atoms with Gasteiger partial charge in [0.1, 0.15) is 0 Å². The van der Waals surface area contributed by atoms with Gasteiger partial charge in [-0.1, -0.05) is 34.9 Å². The second-order valence-corrected chi connectivity index (χ2v) is 7.41. The zero-order valence-electron chi connectivity index (χ0n) is 12.1. The molecule has 0 spiro atoms. The lowest BCUT2D eigenvalue weighted by Crippen LogP contribution is -2.13. The summed E-state index contributed by atoms with van der Waals surface area (Å²) in [4.78, 5) is 12.3. The number of nitrogens with one attached hydrogen (secondary N) is 2. The number of carbonyl (C=O) groups is 1. The molecule has 0 saturated carbocycles. The van der Waals surface area contributed by atoms with Crippen LogP contribution in [0.15, 0.2) is 33.5 Å². The minimum Gasteiger partial charge on any atom is -0.360 e. The number of halogens is 2. The van der Waals surface area contributed by atoms with Crippen LogP contribution in [0.1, 0.15) is 6.92 Å². The van der Waals surface area contributed by atoms with E-state index >= 15 is 0 Å². The van der Waals surface area contributed by atoms with Crippen LogP contribution in [0.4, 0.5) is 19.6 Å². The average Bonchev–Trinajstić information content (AvgIpc) is 2.95. The van der Waals surface area contributed by atoms with Gasteiger partial charge in [0.15, 0.2) is 4.34 Å². The van der Waals surface area contributed by atoms with Gasteiger partial charge in [-0.3, -0.25) is 4.79 Å². The van der Waals surface area contributed by atoms with Crippen molar-refractivity contribution in [2.24, 2.45) is 0 Å². The molecule has 1 heterocycles. The van der Waals surface area contributed by atoms with Crippen LogP contribution in [0, 0.1) is 0 Å². The van der Waals surface area contributed by atoms with Crippen molar-refractivity contribution in [3.8, 4) is 0 Å². The molecule has 1 aromatic heterocycles. The van der Waals surface area contributed by atoms with Gasteiger partial charge in [-0.25, -0.2) is 0 Å². The quantitative estimate of drug-likeness (QED) is 0.679. The number of nitrogens with zero attached hydrogens (tertiary/aromatic N) is 2. The molecule has 124 valence electrons. The van der Waals surface area contributed by atoms with Crippen molar-refractivity contribution in [2.45, 2.75) is 21.9 Å². The van der Waals surface area contributed by atoms with E-state index in [-0.39, 0.29) is 11.7 Å². The number of rotatable bonds is 8. The van der Waals surface area contributed by atoms with E-state index in [0.29, 0.717) is 26.7 Å². The number of benzene rings is 1. The van der Waals surface area contributed by atoms with Crippen LogP contribution in [0.2, 0.25) is 0 Å². The predicted octanol–water partition coefficient (Wildman–Crippen LogP) is 4.02. The first-order valence-corrected chi connectivity index (χ1v) is 9.30. The Labute approximate surface area is 144 Å². The summed E-state index contributed by atoms with van der Waals surface area (Å²) >= 11 is 3.15. The summed E-state index contributed by atoms with van der Waals surface area (Å²) in [6.45, 7) is 2.73. The summed E-state index contributed by atoms with van der Waals surface area (Å²) in [5.41, 5.74) is 0.569. The number of anilines is 2. The van der Waals surface area contributed by atoms with Crippen molar-refractivity contribution in [1.29, 1.82) is 0 Å². The average molecular weight is 376 g/mol. The van der Waals surface area contributed by atoms with Crippen LogP contribution < -0.4 is 10.6 Å². The van der Waals surface area contributed by atoms with E-state index in [9.17, 15) is 13.6 Å². The predicted molar refractivity (Wildman–Crippen MR) is 91.7 cm³/mol. The summed E-state index contributed by atoms with van der Waals surface area (Å²) < 4.78 is 25.1. The number of amides is 1. The summed E-state index contributed by atoms with van der Waals surface area (Å²) in [6.07, 6.45) is 0. The van der Waals surface area contributed by atoms with Crippen molar-refractivity contribution >= 4 is 51.6 Å². The first-order valence-electron chi connectivity index (χ1n) is 6.61. The van der Waals surface area contributed by atoms with Gasteiger partial charge < -0.3 is 10.6 Å². The van der Waals surface area contributed by atoms with Gasteiger partial charge in [0.05, 0.1) is 5.75 Å². The lowest BCUT2D eigenvalue weighted by Gasteiger charge is -2.05. The van der Waals surface area contributed by atoms with Crippen molar-refractivity contribution in [3.05, 3.63) is 24.3 Å². The molecule has 1 aromatic carbocycles. The van der Waals surface area contributed by atoms with Crippen LogP contribution in [-0.4, -0.2) is 34.2 Å². The Morgan fingerprint density at radius 1 is 1.30 bits per heavy atom. The standard InChI is InChI=1S/C13H14F2N4OS3/c1-2-16-12-18-19-13(23-12)21-7-10(20)17-8-3-5-9(6-4-8)22-11(14)15/h3-6,11H,2,7H2,1H3,(H,16,18)(H,17,20). The van der Waals surface area contributed by atoms with E-state index in [1.165, 1.54) is 23.1 Å². The fourth-order valence-electron chi connectivity index (χ4n) is 1.53. The molecule has 0 atom stereocenters. The third kappa shape index (κ3) is 6.32. The number of carbonyl (C=O) groups excluding carboxylic acids is 1. The lowest BCUT2D eigenvalue weighted by molar-refractivity contribution is -0.113. The molecule has 10 heteroatoms. The van der Waals surface area contributed by atoms with Gasteiger partial charge in [-0.15, -0.1) is 10.2 Å². The van der Waals surface area contributed by atoms with Crippen LogP contribution in [-0.2, 0) is 4.79 Å². The molecule has 0 aliphatic rings. The molecule has 0 radical (unpaired) electrons. The highest BCUT2D eigenvalue weighted by molar-refractivity contribution is 8.01. The zero-order chi connectivity index (χ0) is 16.7. The zero-order valence-corrected chi connectivity index (χ0v) is 14.5. The fourth-order valence-corrected chi connectivity index (χ4v) is 3.65. The van der Waals surface area contributed by atoms with Gasteiger partial charge in [-0.05, 0) is 31.2 Å². The molecule has 0 unspecified atom stereocenters. The molecule has 0 fully saturated rings. The molecular formula is C13H14F2N4OS3. The topological polar surface area (TPSA) is 66.9 Å². The summed E-state index contributed by atoms with van der Waals surface area (Å²) in [7, 11) is 0. The van der Waals surface area contributed by atoms with Crippen LogP contribution in [0.25, 0.3) is 0 Å². The number of aromatic nitrogens is 2. The van der Waals surface area contributed by atoms with E-state index in [1.54, 1.807) is 24.3 Å². The molecule has 0 aliphatic carbocycles. The first-order chi connectivity index (χ1) is 11.1. The van der Waals surface area contributed by atoms with E-state index in [2.05, 4.69) is 20.8 Å². The Morgan fingerprint density at radius 3 is 2.70 bits per heavy atom. The Hall–Kier alpha value is -1.39. The molecule has 5 nitrogen and oxygen atoms in total. The highest BCUT2D eigenvalue weighted by Crippen LogP contribution is 2.27. The Morgan fingerprint density at radius 2 is 2.04 bits per heavy atom. The minimum atomic E-state index is -2.45. The number of alkyl halides is 2. The highest BCUT2D eigenvalue weighted by Gasteiger charge is 2.09. The smallest absolute Gasteiger partial charge is 0.288 e. The van der Waals surface area contributed by atoms with Gasteiger partial charge in [0, 0.05) is 17.1 Å². The highest BCUT2D eigenvalue weighted by atomic mass is 32.2. The molecule has 2 N–H and O–H groups in total. The molecule has 0 bridgehead atoms. The third-order valence-electron chi connectivity index (χ3n) is 2.42. The second-order valence-electron chi connectivity index (χ2n) is 4.14. The van der Waals surface area contributed by atoms with Gasteiger partial charge >= 0.3 is 0 Å². The Bertz CT molecular complexity index is 636. The van der Waals surface area contributed by atoms with E-state index in [1.807, 2.05) is 6.92 Å². The fraction of sp³-hybridized carbons (Fsp3) is 0.308. The number of hydrogen-bond acceptors (Lipinski definition) is 7. The maximum atomic E-state index is 12.2. The number of thioether (sulfide) groups is 2. The SMILES string of the molecule is CCNc1nnc(SCC(=O)Nc2ccc(SC(F)F)cc2)s1. The van der Waals surface area contributed by atoms with Crippen LogP contribution in [0.5, 0.6) is 0 Å². The molecule has 0 aliphatic heterocycles. The molecule has 2 aromatic rings. The van der Waals surface area contributed by atoms with Crippen LogP contribution >= 0.6 is 34.9 Å². The Balaban J connectivity index is 1.79. The monoisotopic (exact) mass is 376 g/mol. The summed E-state index contributed by atoms with van der Waals surface area (Å²) in [5, 5.41) is 14.4. The van der Waals surface area contributed by atoms with Crippen molar-refractivity contribution in [2.75, 3.05) is 22.9 Å². The maximum Gasteiger partial charge on any atom is 0.288 e. The van der Waals surface area contributed by atoms with Crippen molar-refractivity contribution < 1.29 is 13.6 Å². The van der Waals surface area contributed by atoms with Crippen LogP contribution in [0.3, 0.4) is 0 Å². The second kappa shape index (κ2) is 9.04. The first kappa shape index (κ1) is 18.0. The van der Waals surface area contributed by atoms with Gasteiger partial charge in [0.25, 0.3) is 5.76 Å². The van der Waals surface area contributed by atoms with Gasteiger partial charge in [0.2, 0.25) is 11.0 Å². The number of hydrogen-bond donors (Lipinski definition) is 2. The molecule has 2 rings (SSSR count). The minimum absolute atomic E-state index is 0.190. The third-order valence-corrected chi connectivity index (χ3v) is 5.16. The molecule has 23 heavy (non-hydrogen) atoms. The van der Waals surface area contributed by atoms with E-state index in [0.717, 1.165) is 11.7 Å². The Kier molecular flexibility index (Phi) is 7.06. The molecule has 0 saturated heterocycles. The van der Waals surface area contributed by atoms with Gasteiger partial charge in [-0.2, -0.15) is 8.78 Å². The van der Waals surface area contributed by atoms with Crippen molar-refractivity contribution in [1.82, 2.24) is 10.2 Å². The lowest BCUT2D eigenvalue weighted by atomic mass is 10.3. The summed E-state index contributed by atoms with van der Waals surface area (Å²) in [5.74, 6) is -2.44. The summed E-state index contributed by atoms with van der Waals surface area (Å²) in [6, 6.07) is 6.29. The largest absolute Gasteiger partial charge is 0.360 e. The molecule has 1 amide bonds. The maximum absolute atomic E-state index is 12.2. The van der Waals surface area contributed by atoms with E-state index < -0.39 is 5.76 Å². The normalized spacial score (nSPS) is 10.8. The van der Waals surface area contributed by atoms with E-state index in [4.69, 9.17) is 0 Å². The van der Waals surface area contributed by atoms with Crippen molar-refractivity contribution in [3.63, 3.8) is 0 Å².